The number of ether oxygens (including phenoxy) is 1. The SMILES string of the molecule is CCNC(=NCCCOC1CCCC1)NC1CCN(C(C)C)CC1. The van der Waals surface area contributed by atoms with Gasteiger partial charge < -0.3 is 20.3 Å². The van der Waals surface area contributed by atoms with Crippen LogP contribution in [0.5, 0.6) is 0 Å². The van der Waals surface area contributed by atoms with Gasteiger partial charge in [-0.3, -0.25) is 4.99 Å². The van der Waals surface area contributed by atoms with Gasteiger partial charge in [0.2, 0.25) is 0 Å². The summed E-state index contributed by atoms with van der Waals surface area (Å²) in [5.74, 6) is 0.973. The molecule has 0 aromatic heterocycles. The van der Waals surface area contributed by atoms with E-state index in [1.807, 2.05) is 0 Å². The Morgan fingerprint density at radius 2 is 1.88 bits per heavy atom. The maximum Gasteiger partial charge on any atom is 0.191 e. The fourth-order valence-corrected chi connectivity index (χ4v) is 3.63. The highest BCUT2D eigenvalue weighted by molar-refractivity contribution is 5.80. The summed E-state index contributed by atoms with van der Waals surface area (Å²) in [6.07, 6.45) is 9.12. The Balaban J connectivity index is 1.64. The second kappa shape index (κ2) is 10.9. The molecule has 1 saturated heterocycles. The molecule has 24 heavy (non-hydrogen) atoms. The van der Waals surface area contributed by atoms with Gasteiger partial charge in [0.15, 0.2) is 5.96 Å². The smallest absolute Gasteiger partial charge is 0.191 e. The maximum absolute atomic E-state index is 5.91. The van der Waals surface area contributed by atoms with Gasteiger partial charge in [-0.05, 0) is 52.9 Å². The number of piperidine rings is 1. The predicted molar refractivity (Wildman–Crippen MR) is 102 cm³/mol. The summed E-state index contributed by atoms with van der Waals surface area (Å²) in [5.41, 5.74) is 0. The van der Waals surface area contributed by atoms with E-state index >= 15 is 0 Å². The zero-order valence-corrected chi connectivity index (χ0v) is 16.0. The molecule has 1 saturated carbocycles. The number of nitrogens with zero attached hydrogens (tertiary/aromatic N) is 2. The minimum atomic E-state index is 0.520. The van der Waals surface area contributed by atoms with Crippen LogP contribution < -0.4 is 10.6 Å². The first-order valence-electron chi connectivity index (χ1n) is 10.1. The molecule has 2 N–H and O–H groups in total. The van der Waals surface area contributed by atoms with E-state index in [-0.39, 0.29) is 0 Å². The van der Waals surface area contributed by atoms with Crippen molar-refractivity contribution in [2.75, 3.05) is 32.8 Å². The topological polar surface area (TPSA) is 48.9 Å². The maximum atomic E-state index is 5.91. The molecule has 1 aliphatic heterocycles. The minimum absolute atomic E-state index is 0.520. The van der Waals surface area contributed by atoms with E-state index in [4.69, 9.17) is 9.73 Å². The second-order valence-electron chi connectivity index (χ2n) is 7.44. The Morgan fingerprint density at radius 3 is 2.50 bits per heavy atom. The van der Waals surface area contributed by atoms with Crippen LogP contribution in [0.3, 0.4) is 0 Å². The summed E-state index contributed by atoms with van der Waals surface area (Å²) < 4.78 is 5.91. The van der Waals surface area contributed by atoms with E-state index in [1.165, 1.54) is 51.6 Å². The van der Waals surface area contributed by atoms with Gasteiger partial charge >= 0.3 is 0 Å². The molecule has 2 rings (SSSR count). The second-order valence-corrected chi connectivity index (χ2v) is 7.44. The fourth-order valence-electron chi connectivity index (χ4n) is 3.63. The largest absolute Gasteiger partial charge is 0.378 e. The van der Waals surface area contributed by atoms with Crippen molar-refractivity contribution in [3.05, 3.63) is 0 Å². The van der Waals surface area contributed by atoms with E-state index in [1.54, 1.807) is 0 Å². The van der Waals surface area contributed by atoms with Crippen molar-refractivity contribution in [1.82, 2.24) is 15.5 Å². The van der Waals surface area contributed by atoms with Crippen LogP contribution in [0.25, 0.3) is 0 Å². The number of likely N-dealkylation sites (tertiary alicyclic amines) is 1. The van der Waals surface area contributed by atoms with Crippen molar-refractivity contribution >= 4 is 5.96 Å². The average molecular weight is 339 g/mol. The van der Waals surface area contributed by atoms with Crippen molar-refractivity contribution in [3.63, 3.8) is 0 Å². The van der Waals surface area contributed by atoms with E-state index < -0.39 is 0 Å². The van der Waals surface area contributed by atoms with Crippen LogP contribution >= 0.6 is 0 Å². The van der Waals surface area contributed by atoms with Gasteiger partial charge in [0.05, 0.1) is 6.10 Å². The highest BCUT2D eigenvalue weighted by atomic mass is 16.5. The van der Waals surface area contributed by atoms with Gasteiger partial charge in [0, 0.05) is 44.9 Å². The van der Waals surface area contributed by atoms with Crippen molar-refractivity contribution < 1.29 is 4.74 Å². The van der Waals surface area contributed by atoms with Crippen molar-refractivity contribution in [2.24, 2.45) is 4.99 Å². The van der Waals surface area contributed by atoms with Crippen LogP contribution in [-0.2, 0) is 4.74 Å². The summed E-state index contributed by atoms with van der Waals surface area (Å²) in [7, 11) is 0. The molecule has 2 fully saturated rings. The number of hydrogen-bond donors (Lipinski definition) is 2. The highest BCUT2D eigenvalue weighted by Crippen LogP contribution is 2.20. The van der Waals surface area contributed by atoms with E-state index in [9.17, 15) is 0 Å². The molecule has 0 amide bonds. The molecule has 2 aliphatic rings. The van der Waals surface area contributed by atoms with Crippen LogP contribution in [0.2, 0.25) is 0 Å². The lowest BCUT2D eigenvalue weighted by molar-refractivity contribution is 0.0579. The third kappa shape index (κ3) is 6.98. The van der Waals surface area contributed by atoms with E-state index in [2.05, 4.69) is 36.3 Å². The van der Waals surface area contributed by atoms with E-state index in [0.717, 1.165) is 32.1 Å². The summed E-state index contributed by atoms with van der Waals surface area (Å²) in [6, 6.07) is 1.21. The lowest BCUT2D eigenvalue weighted by Gasteiger charge is -2.35. The summed E-state index contributed by atoms with van der Waals surface area (Å²) >= 11 is 0. The zero-order chi connectivity index (χ0) is 17.2. The molecule has 0 atom stereocenters. The molecule has 140 valence electrons. The Morgan fingerprint density at radius 1 is 1.17 bits per heavy atom. The van der Waals surface area contributed by atoms with Crippen LogP contribution in [0.4, 0.5) is 0 Å². The van der Waals surface area contributed by atoms with Crippen molar-refractivity contribution in [2.45, 2.75) is 83.9 Å². The number of rotatable bonds is 8. The Bertz CT molecular complexity index is 358. The molecular formula is C19H38N4O. The third-order valence-electron chi connectivity index (χ3n) is 5.17. The molecule has 0 radical (unpaired) electrons. The van der Waals surface area contributed by atoms with Crippen molar-refractivity contribution in [1.29, 1.82) is 0 Å². The minimum Gasteiger partial charge on any atom is -0.378 e. The number of hydrogen-bond acceptors (Lipinski definition) is 3. The molecule has 1 heterocycles. The monoisotopic (exact) mass is 338 g/mol. The standard InChI is InChI=1S/C19H38N4O/c1-4-20-19(21-12-7-15-24-18-8-5-6-9-18)22-17-10-13-23(14-11-17)16(2)3/h16-18H,4-15H2,1-3H3,(H2,20,21,22). The van der Waals surface area contributed by atoms with Crippen LogP contribution in [0.15, 0.2) is 4.99 Å². The Hall–Kier alpha value is -0.810. The van der Waals surface area contributed by atoms with E-state index in [0.29, 0.717) is 18.2 Å². The van der Waals surface area contributed by atoms with Crippen molar-refractivity contribution in [3.8, 4) is 0 Å². The Kier molecular flexibility index (Phi) is 8.89. The number of aliphatic imine (C=N–C) groups is 1. The molecule has 0 unspecified atom stereocenters. The van der Waals surface area contributed by atoms with Gasteiger partial charge in [-0.15, -0.1) is 0 Å². The quantitative estimate of drug-likeness (QED) is 0.406. The fraction of sp³-hybridized carbons (Fsp3) is 0.947. The predicted octanol–water partition coefficient (Wildman–Crippen LogP) is 2.76. The van der Waals surface area contributed by atoms with Crippen LogP contribution in [0.1, 0.15) is 65.7 Å². The third-order valence-corrected chi connectivity index (χ3v) is 5.17. The zero-order valence-electron chi connectivity index (χ0n) is 16.0. The summed E-state index contributed by atoms with van der Waals surface area (Å²) in [4.78, 5) is 7.28. The number of guanidine groups is 1. The molecule has 5 heteroatoms. The normalized spacial score (nSPS) is 21.6. The first kappa shape index (κ1) is 19.5. The molecule has 0 spiro atoms. The first-order chi connectivity index (χ1) is 11.7. The van der Waals surface area contributed by atoms with Crippen LogP contribution in [0, 0.1) is 0 Å². The van der Waals surface area contributed by atoms with Gasteiger partial charge in [0.25, 0.3) is 0 Å². The molecular weight excluding hydrogens is 300 g/mol. The lowest BCUT2D eigenvalue weighted by Crippen LogP contribution is -2.49. The Labute approximate surface area is 148 Å². The number of nitrogens with one attached hydrogen (secondary N) is 2. The van der Waals surface area contributed by atoms with Gasteiger partial charge in [-0.1, -0.05) is 12.8 Å². The van der Waals surface area contributed by atoms with Gasteiger partial charge in [-0.2, -0.15) is 0 Å². The molecule has 0 aromatic carbocycles. The van der Waals surface area contributed by atoms with Gasteiger partial charge in [0.1, 0.15) is 0 Å². The summed E-state index contributed by atoms with van der Waals surface area (Å²) in [6.45, 7) is 11.7. The highest BCUT2D eigenvalue weighted by Gasteiger charge is 2.21. The average Bonchev–Trinajstić information content (AvgIpc) is 3.08. The van der Waals surface area contributed by atoms with Crippen LogP contribution in [-0.4, -0.2) is 61.8 Å². The molecule has 0 bridgehead atoms. The molecule has 1 aliphatic carbocycles. The lowest BCUT2D eigenvalue weighted by atomic mass is 10.0. The first-order valence-corrected chi connectivity index (χ1v) is 10.1. The molecule has 5 nitrogen and oxygen atoms in total. The molecule has 0 aromatic rings. The summed E-state index contributed by atoms with van der Waals surface area (Å²) in [5, 5.41) is 7.00. The van der Waals surface area contributed by atoms with Gasteiger partial charge in [-0.25, -0.2) is 0 Å².